The van der Waals surface area contributed by atoms with E-state index in [0.717, 1.165) is 37.3 Å². The lowest BCUT2D eigenvalue weighted by atomic mass is 10.2. The molecule has 0 saturated heterocycles. The number of halogens is 1. The van der Waals surface area contributed by atoms with E-state index in [1.54, 1.807) is 24.0 Å². The molecule has 0 aliphatic heterocycles. The third kappa shape index (κ3) is 4.85. The molecule has 0 aliphatic rings. The number of carbonyl (C=O) groups excluding carboxylic acids is 1. The topological polar surface area (TPSA) is 37.6 Å². The van der Waals surface area contributed by atoms with Gasteiger partial charge >= 0.3 is 0 Å². The number of thiazole rings is 1. The summed E-state index contributed by atoms with van der Waals surface area (Å²) in [6, 6.07) is 6.25. The first-order chi connectivity index (χ1) is 11.5. The number of anilines is 1. The summed E-state index contributed by atoms with van der Waals surface area (Å²) in [4.78, 5) is 19.8. The monoisotopic (exact) mass is 350 g/mol. The van der Waals surface area contributed by atoms with E-state index in [-0.39, 0.29) is 11.7 Å². The minimum absolute atomic E-state index is 0.00422. The number of quaternary nitrogens is 1. The molecular formula is C18H25FN3OS+. The standard InChI is InChI=1S/C18H24FN3OS/c1-4-21(5-2)11-6-12-22(14(3)23)18-20-17(13-24-18)15-7-9-16(19)10-8-15/h7-10,13H,4-6,11-12H2,1-3H3/p+1. The maximum Gasteiger partial charge on any atom is 0.225 e. The molecule has 6 heteroatoms. The molecule has 130 valence electrons. The molecule has 24 heavy (non-hydrogen) atoms. The van der Waals surface area contributed by atoms with Crippen LogP contribution in [-0.4, -0.2) is 37.1 Å². The van der Waals surface area contributed by atoms with Gasteiger partial charge in [-0.2, -0.15) is 0 Å². The molecule has 0 unspecified atom stereocenters. The Morgan fingerprint density at radius 2 is 1.92 bits per heavy atom. The van der Waals surface area contributed by atoms with Crippen molar-refractivity contribution < 1.29 is 14.1 Å². The van der Waals surface area contributed by atoms with Gasteiger partial charge in [0.2, 0.25) is 5.91 Å². The largest absolute Gasteiger partial charge is 0.335 e. The van der Waals surface area contributed by atoms with E-state index in [0.29, 0.717) is 11.7 Å². The second kappa shape index (κ2) is 8.89. The van der Waals surface area contributed by atoms with E-state index in [4.69, 9.17) is 0 Å². The summed E-state index contributed by atoms with van der Waals surface area (Å²) in [6.45, 7) is 9.85. The fourth-order valence-electron chi connectivity index (χ4n) is 2.62. The van der Waals surface area contributed by atoms with Crippen LogP contribution in [0.3, 0.4) is 0 Å². The van der Waals surface area contributed by atoms with Crippen LogP contribution in [-0.2, 0) is 4.79 Å². The number of hydrogen-bond acceptors (Lipinski definition) is 3. The van der Waals surface area contributed by atoms with Gasteiger partial charge in [-0.15, -0.1) is 11.3 Å². The van der Waals surface area contributed by atoms with Crippen molar-refractivity contribution >= 4 is 22.4 Å². The van der Waals surface area contributed by atoms with Crippen molar-refractivity contribution in [2.75, 3.05) is 31.1 Å². The molecule has 1 amide bonds. The lowest BCUT2D eigenvalue weighted by molar-refractivity contribution is -0.896. The minimum atomic E-state index is -0.265. The number of nitrogens with zero attached hydrogens (tertiary/aromatic N) is 2. The average molecular weight is 350 g/mol. The van der Waals surface area contributed by atoms with Gasteiger partial charge in [0, 0.05) is 30.8 Å². The summed E-state index contributed by atoms with van der Waals surface area (Å²) in [5.41, 5.74) is 1.63. The highest BCUT2D eigenvalue weighted by molar-refractivity contribution is 7.14. The van der Waals surface area contributed by atoms with E-state index in [1.165, 1.54) is 28.4 Å². The van der Waals surface area contributed by atoms with E-state index in [2.05, 4.69) is 18.8 Å². The molecular weight excluding hydrogens is 325 g/mol. The molecule has 0 atom stereocenters. The molecule has 0 radical (unpaired) electrons. The second-order valence-electron chi connectivity index (χ2n) is 5.75. The van der Waals surface area contributed by atoms with E-state index >= 15 is 0 Å². The zero-order chi connectivity index (χ0) is 17.5. The van der Waals surface area contributed by atoms with Gasteiger partial charge < -0.3 is 4.90 Å². The second-order valence-corrected chi connectivity index (χ2v) is 6.59. The van der Waals surface area contributed by atoms with Crippen molar-refractivity contribution in [3.8, 4) is 11.3 Å². The Bertz CT molecular complexity index is 653. The van der Waals surface area contributed by atoms with Crippen LogP contribution in [0.2, 0.25) is 0 Å². The molecule has 0 saturated carbocycles. The van der Waals surface area contributed by atoms with Crippen molar-refractivity contribution in [2.45, 2.75) is 27.2 Å². The number of amides is 1. The maximum atomic E-state index is 13.0. The van der Waals surface area contributed by atoms with Gasteiger partial charge in [-0.25, -0.2) is 9.37 Å². The van der Waals surface area contributed by atoms with Crippen LogP contribution >= 0.6 is 11.3 Å². The molecule has 2 aromatic rings. The number of nitrogens with one attached hydrogen (secondary N) is 1. The lowest BCUT2D eigenvalue weighted by Crippen LogP contribution is -3.11. The molecule has 0 spiro atoms. The highest BCUT2D eigenvalue weighted by Crippen LogP contribution is 2.27. The summed E-state index contributed by atoms with van der Waals surface area (Å²) in [5, 5.41) is 2.62. The molecule has 2 rings (SSSR count). The molecule has 4 nitrogen and oxygen atoms in total. The maximum absolute atomic E-state index is 13.0. The van der Waals surface area contributed by atoms with Gasteiger partial charge in [0.05, 0.1) is 25.3 Å². The van der Waals surface area contributed by atoms with Gasteiger partial charge in [0.15, 0.2) is 5.13 Å². The van der Waals surface area contributed by atoms with Crippen molar-refractivity contribution in [1.82, 2.24) is 4.98 Å². The van der Waals surface area contributed by atoms with Crippen LogP contribution < -0.4 is 9.80 Å². The Kier molecular flexibility index (Phi) is 6.87. The summed E-state index contributed by atoms with van der Waals surface area (Å²) in [5.74, 6) is -0.261. The molecule has 1 aromatic carbocycles. The SMILES string of the molecule is CC[NH+](CC)CCCN(C(C)=O)c1nc(-c2ccc(F)cc2)cs1. The molecule has 1 heterocycles. The first-order valence-electron chi connectivity index (χ1n) is 8.38. The number of aromatic nitrogens is 1. The van der Waals surface area contributed by atoms with Crippen LogP contribution in [0.25, 0.3) is 11.3 Å². The Labute approximate surface area is 146 Å². The predicted molar refractivity (Wildman–Crippen MR) is 97.1 cm³/mol. The highest BCUT2D eigenvalue weighted by Gasteiger charge is 2.17. The predicted octanol–water partition coefficient (Wildman–Crippen LogP) is 2.62. The minimum Gasteiger partial charge on any atom is -0.335 e. The Balaban J connectivity index is 2.06. The van der Waals surface area contributed by atoms with E-state index in [1.807, 2.05) is 5.38 Å². The molecule has 1 N–H and O–H groups in total. The number of hydrogen-bond donors (Lipinski definition) is 1. The molecule has 0 aliphatic carbocycles. The summed E-state index contributed by atoms with van der Waals surface area (Å²) in [7, 11) is 0. The normalized spacial score (nSPS) is 11.0. The third-order valence-corrected chi connectivity index (χ3v) is 5.02. The van der Waals surface area contributed by atoms with Gasteiger partial charge in [-0.05, 0) is 38.1 Å². The van der Waals surface area contributed by atoms with Crippen LogP contribution in [0.4, 0.5) is 9.52 Å². The average Bonchev–Trinajstić information content (AvgIpc) is 3.05. The number of benzene rings is 1. The van der Waals surface area contributed by atoms with Gasteiger partial charge in [-0.3, -0.25) is 9.69 Å². The van der Waals surface area contributed by atoms with Crippen LogP contribution in [0, 0.1) is 5.82 Å². The fraction of sp³-hybridized carbons (Fsp3) is 0.444. The summed E-state index contributed by atoms with van der Waals surface area (Å²) >= 11 is 1.45. The lowest BCUT2D eigenvalue weighted by Gasteiger charge is -2.20. The zero-order valence-corrected chi connectivity index (χ0v) is 15.3. The van der Waals surface area contributed by atoms with Gasteiger partial charge in [0.25, 0.3) is 0 Å². The fourth-order valence-corrected chi connectivity index (χ4v) is 3.52. The van der Waals surface area contributed by atoms with Gasteiger partial charge in [-0.1, -0.05) is 0 Å². The van der Waals surface area contributed by atoms with Crippen LogP contribution in [0.5, 0.6) is 0 Å². The van der Waals surface area contributed by atoms with Crippen LogP contribution in [0.15, 0.2) is 29.6 Å². The zero-order valence-electron chi connectivity index (χ0n) is 14.5. The van der Waals surface area contributed by atoms with E-state index in [9.17, 15) is 9.18 Å². The number of carbonyl (C=O) groups is 1. The van der Waals surface area contributed by atoms with Crippen molar-refractivity contribution in [3.05, 3.63) is 35.5 Å². The van der Waals surface area contributed by atoms with E-state index < -0.39 is 0 Å². The Morgan fingerprint density at radius 3 is 2.50 bits per heavy atom. The Morgan fingerprint density at radius 1 is 1.25 bits per heavy atom. The molecule has 0 bridgehead atoms. The molecule has 1 aromatic heterocycles. The third-order valence-electron chi connectivity index (χ3n) is 4.16. The Hall–Kier alpha value is -1.79. The van der Waals surface area contributed by atoms with Crippen molar-refractivity contribution in [2.24, 2.45) is 0 Å². The number of rotatable bonds is 8. The molecule has 0 fully saturated rings. The van der Waals surface area contributed by atoms with Gasteiger partial charge in [0.1, 0.15) is 5.82 Å². The quantitative estimate of drug-likeness (QED) is 0.795. The highest BCUT2D eigenvalue weighted by atomic mass is 32.1. The van der Waals surface area contributed by atoms with Crippen LogP contribution in [0.1, 0.15) is 27.2 Å². The van der Waals surface area contributed by atoms with Crippen molar-refractivity contribution in [3.63, 3.8) is 0 Å². The smallest absolute Gasteiger partial charge is 0.225 e. The first-order valence-corrected chi connectivity index (χ1v) is 9.26. The summed E-state index contributed by atoms with van der Waals surface area (Å²) < 4.78 is 13.0. The van der Waals surface area contributed by atoms with Crippen molar-refractivity contribution in [1.29, 1.82) is 0 Å². The summed E-state index contributed by atoms with van der Waals surface area (Å²) in [6.07, 6.45) is 0.946. The first kappa shape index (κ1) is 18.5.